The summed E-state index contributed by atoms with van der Waals surface area (Å²) in [5, 5.41) is 13.3. The smallest absolute Gasteiger partial charge is 0.310 e. The van der Waals surface area contributed by atoms with E-state index in [-0.39, 0.29) is 18.0 Å². The normalized spacial score (nSPS) is 11.8. The summed E-state index contributed by atoms with van der Waals surface area (Å²) in [4.78, 5) is 21.1. The zero-order valence-corrected chi connectivity index (χ0v) is 9.25. The van der Waals surface area contributed by atoms with Crippen LogP contribution in [0.15, 0.2) is 24.3 Å². The van der Waals surface area contributed by atoms with Gasteiger partial charge in [-0.25, -0.2) is 0 Å². The number of nitro benzene ring substituents is 1. The first-order chi connectivity index (χ1) is 8.06. The van der Waals surface area contributed by atoms with Crippen molar-refractivity contribution in [3.05, 3.63) is 34.4 Å². The number of carbonyl (C=O) groups is 1. The standard InChI is InChI=1S/C10H13N3O4/c1-12-7(10(11)14)6-17-9-5-3-2-4-8(9)13(15)16/h2-5,7,12H,6H2,1H3,(H2,11,14). The number of carbonyl (C=O) groups excluding carboxylic acids is 1. The first-order valence-electron chi connectivity index (χ1n) is 4.89. The van der Waals surface area contributed by atoms with Crippen LogP contribution in [0.1, 0.15) is 0 Å². The van der Waals surface area contributed by atoms with Crippen molar-refractivity contribution in [1.82, 2.24) is 5.32 Å². The van der Waals surface area contributed by atoms with Crippen LogP contribution in [0.4, 0.5) is 5.69 Å². The third kappa shape index (κ3) is 3.42. The lowest BCUT2D eigenvalue weighted by atomic mass is 10.3. The molecule has 1 atom stereocenters. The summed E-state index contributed by atoms with van der Waals surface area (Å²) < 4.78 is 5.21. The van der Waals surface area contributed by atoms with Gasteiger partial charge in [0.15, 0.2) is 5.75 Å². The van der Waals surface area contributed by atoms with Gasteiger partial charge in [-0.1, -0.05) is 12.1 Å². The molecule has 3 N–H and O–H groups in total. The Morgan fingerprint density at radius 2 is 2.24 bits per heavy atom. The van der Waals surface area contributed by atoms with Crippen LogP contribution >= 0.6 is 0 Å². The van der Waals surface area contributed by atoms with Gasteiger partial charge in [0.25, 0.3) is 0 Å². The molecule has 0 bridgehead atoms. The van der Waals surface area contributed by atoms with Gasteiger partial charge in [-0.15, -0.1) is 0 Å². The van der Waals surface area contributed by atoms with Crippen LogP contribution < -0.4 is 15.8 Å². The lowest BCUT2D eigenvalue weighted by Gasteiger charge is -2.13. The van der Waals surface area contributed by atoms with Gasteiger partial charge in [0.1, 0.15) is 12.6 Å². The van der Waals surface area contributed by atoms with E-state index in [0.29, 0.717) is 0 Å². The molecule has 0 fully saturated rings. The van der Waals surface area contributed by atoms with Crippen LogP contribution in [0.3, 0.4) is 0 Å². The number of para-hydroxylation sites is 2. The molecule has 0 aliphatic heterocycles. The number of nitrogens with zero attached hydrogens (tertiary/aromatic N) is 1. The number of hydrogen-bond acceptors (Lipinski definition) is 5. The largest absolute Gasteiger partial charge is 0.485 e. The number of likely N-dealkylation sites (N-methyl/N-ethyl adjacent to an activating group) is 1. The van der Waals surface area contributed by atoms with Crippen molar-refractivity contribution in [3.8, 4) is 5.75 Å². The first kappa shape index (κ1) is 12.9. The Morgan fingerprint density at radius 1 is 1.59 bits per heavy atom. The van der Waals surface area contributed by atoms with Gasteiger partial charge in [0, 0.05) is 6.07 Å². The number of rotatable bonds is 6. The van der Waals surface area contributed by atoms with E-state index in [0.717, 1.165) is 0 Å². The van der Waals surface area contributed by atoms with Gasteiger partial charge in [-0.3, -0.25) is 14.9 Å². The zero-order valence-electron chi connectivity index (χ0n) is 9.25. The molecule has 0 radical (unpaired) electrons. The second kappa shape index (κ2) is 5.80. The van der Waals surface area contributed by atoms with Crippen LogP contribution in [0.25, 0.3) is 0 Å². The van der Waals surface area contributed by atoms with Gasteiger partial charge in [-0.2, -0.15) is 0 Å². The molecule has 0 aliphatic carbocycles. The van der Waals surface area contributed by atoms with Crippen LogP contribution in [-0.4, -0.2) is 30.5 Å². The predicted molar refractivity (Wildman–Crippen MR) is 60.6 cm³/mol. The average Bonchev–Trinajstić information content (AvgIpc) is 2.29. The molecule has 1 amide bonds. The molecule has 0 spiro atoms. The molecule has 0 heterocycles. The number of amides is 1. The van der Waals surface area contributed by atoms with Crippen molar-refractivity contribution in [3.63, 3.8) is 0 Å². The minimum absolute atomic E-state index is 0.0588. The van der Waals surface area contributed by atoms with Gasteiger partial charge >= 0.3 is 5.69 Å². The quantitative estimate of drug-likeness (QED) is 0.538. The molecular weight excluding hydrogens is 226 g/mol. The molecule has 0 aliphatic rings. The minimum atomic E-state index is -0.685. The monoisotopic (exact) mass is 239 g/mol. The number of ether oxygens (including phenoxy) is 1. The number of primary amides is 1. The number of hydrogen-bond donors (Lipinski definition) is 2. The van der Waals surface area contributed by atoms with Crippen molar-refractivity contribution >= 4 is 11.6 Å². The highest BCUT2D eigenvalue weighted by atomic mass is 16.6. The molecule has 1 rings (SSSR count). The minimum Gasteiger partial charge on any atom is -0.485 e. The van der Waals surface area contributed by atoms with Crippen LogP contribution in [-0.2, 0) is 4.79 Å². The van der Waals surface area contributed by atoms with E-state index in [1.807, 2.05) is 0 Å². The summed E-state index contributed by atoms with van der Waals surface area (Å²) in [6.45, 7) is -0.0588. The average molecular weight is 239 g/mol. The maximum Gasteiger partial charge on any atom is 0.310 e. The Balaban J connectivity index is 2.75. The summed E-state index contributed by atoms with van der Waals surface area (Å²) in [7, 11) is 1.55. The summed E-state index contributed by atoms with van der Waals surface area (Å²) in [5.74, 6) is -0.468. The third-order valence-electron chi connectivity index (χ3n) is 2.16. The molecule has 7 heteroatoms. The molecule has 17 heavy (non-hydrogen) atoms. The highest BCUT2D eigenvalue weighted by Crippen LogP contribution is 2.25. The summed E-state index contributed by atoms with van der Waals surface area (Å²) in [5.41, 5.74) is 4.95. The number of nitrogens with one attached hydrogen (secondary N) is 1. The summed E-state index contributed by atoms with van der Waals surface area (Å²) >= 11 is 0. The van der Waals surface area contributed by atoms with Crippen molar-refractivity contribution < 1.29 is 14.5 Å². The summed E-state index contributed by atoms with van der Waals surface area (Å²) in [6, 6.07) is 5.25. The van der Waals surface area contributed by atoms with E-state index in [2.05, 4.69) is 5.32 Å². The second-order valence-corrected chi connectivity index (χ2v) is 3.28. The maximum absolute atomic E-state index is 10.9. The number of benzene rings is 1. The number of nitrogens with two attached hydrogens (primary N) is 1. The van der Waals surface area contributed by atoms with E-state index in [1.54, 1.807) is 13.1 Å². The SMILES string of the molecule is CNC(COc1ccccc1[N+](=O)[O-])C(N)=O. The van der Waals surface area contributed by atoms with Gasteiger partial charge in [0.2, 0.25) is 5.91 Å². The van der Waals surface area contributed by atoms with Crippen molar-refractivity contribution in [1.29, 1.82) is 0 Å². The number of nitro groups is 1. The third-order valence-corrected chi connectivity index (χ3v) is 2.16. The van der Waals surface area contributed by atoms with E-state index in [1.165, 1.54) is 18.2 Å². The van der Waals surface area contributed by atoms with E-state index in [4.69, 9.17) is 10.5 Å². The Labute approximate surface area is 97.7 Å². The van der Waals surface area contributed by atoms with Crippen LogP contribution in [0.2, 0.25) is 0 Å². The van der Waals surface area contributed by atoms with E-state index in [9.17, 15) is 14.9 Å². The van der Waals surface area contributed by atoms with Crippen molar-refractivity contribution in [2.45, 2.75) is 6.04 Å². The Morgan fingerprint density at radius 3 is 2.76 bits per heavy atom. The second-order valence-electron chi connectivity index (χ2n) is 3.28. The highest BCUT2D eigenvalue weighted by Gasteiger charge is 2.17. The predicted octanol–water partition coefficient (Wildman–Crippen LogP) is 0.0469. The van der Waals surface area contributed by atoms with E-state index < -0.39 is 16.9 Å². The molecule has 0 saturated carbocycles. The molecule has 0 saturated heterocycles. The fourth-order valence-electron chi connectivity index (χ4n) is 1.21. The lowest BCUT2D eigenvalue weighted by molar-refractivity contribution is -0.385. The zero-order chi connectivity index (χ0) is 12.8. The Hall–Kier alpha value is -2.15. The molecular formula is C10H13N3O4. The first-order valence-corrected chi connectivity index (χ1v) is 4.89. The topological polar surface area (TPSA) is 107 Å². The maximum atomic E-state index is 10.9. The fourth-order valence-corrected chi connectivity index (χ4v) is 1.21. The molecule has 1 aromatic rings. The molecule has 7 nitrogen and oxygen atoms in total. The fraction of sp³-hybridized carbons (Fsp3) is 0.300. The van der Waals surface area contributed by atoms with Crippen molar-refractivity contribution in [2.75, 3.05) is 13.7 Å². The summed E-state index contributed by atoms with van der Waals surface area (Å²) in [6.07, 6.45) is 0. The molecule has 0 aromatic heterocycles. The Kier molecular flexibility index (Phi) is 4.41. The van der Waals surface area contributed by atoms with Gasteiger partial charge in [-0.05, 0) is 13.1 Å². The van der Waals surface area contributed by atoms with Gasteiger partial charge in [0.05, 0.1) is 4.92 Å². The van der Waals surface area contributed by atoms with Crippen molar-refractivity contribution in [2.24, 2.45) is 5.73 Å². The van der Waals surface area contributed by atoms with Crippen LogP contribution in [0, 0.1) is 10.1 Å². The Bertz CT molecular complexity index is 422. The lowest BCUT2D eigenvalue weighted by Crippen LogP contribution is -2.43. The molecule has 1 aromatic carbocycles. The molecule has 1 unspecified atom stereocenters. The van der Waals surface area contributed by atoms with Gasteiger partial charge < -0.3 is 15.8 Å². The molecule has 92 valence electrons. The highest BCUT2D eigenvalue weighted by molar-refractivity contribution is 5.80. The van der Waals surface area contributed by atoms with Crippen LogP contribution in [0.5, 0.6) is 5.75 Å². The van der Waals surface area contributed by atoms with E-state index >= 15 is 0 Å².